The molecule has 1 fully saturated rings. The third-order valence-electron chi connectivity index (χ3n) is 6.22. The van der Waals surface area contributed by atoms with Crippen LogP contribution in [0.2, 0.25) is 0 Å². The van der Waals surface area contributed by atoms with Crippen molar-refractivity contribution in [2.75, 3.05) is 18.1 Å². The molecule has 36 heavy (non-hydrogen) atoms. The molecule has 2 aromatic carbocycles. The van der Waals surface area contributed by atoms with Crippen molar-refractivity contribution in [1.82, 2.24) is 9.55 Å². The molecule has 0 aliphatic carbocycles. The molecule has 0 bridgehead atoms. The number of hydrogen-bond acceptors (Lipinski definition) is 5. The maximum absolute atomic E-state index is 15.4. The van der Waals surface area contributed by atoms with Crippen molar-refractivity contribution in [3.8, 4) is 11.6 Å². The number of carbonyl (C=O) groups is 1. The zero-order chi connectivity index (χ0) is 25.4. The van der Waals surface area contributed by atoms with E-state index in [0.717, 1.165) is 41.8 Å². The van der Waals surface area contributed by atoms with Crippen LogP contribution in [0.5, 0.6) is 5.88 Å². The molecule has 5 rings (SSSR count). The van der Waals surface area contributed by atoms with E-state index in [0.29, 0.717) is 18.5 Å². The first-order valence-electron chi connectivity index (χ1n) is 11.2. The molecule has 1 saturated heterocycles. The fourth-order valence-electron chi connectivity index (χ4n) is 4.52. The zero-order valence-corrected chi connectivity index (χ0v) is 18.8. The second-order valence-corrected chi connectivity index (χ2v) is 8.43. The molecule has 0 saturated carbocycles. The molecule has 1 N–H and O–H groups in total. The number of anilines is 1. The lowest BCUT2D eigenvalue weighted by atomic mass is 10.1. The molecular formula is C26H20F3N3O4. The summed E-state index contributed by atoms with van der Waals surface area (Å²) in [6.07, 6.45) is 4.06. The van der Waals surface area contributed by atoms with Gasteiger partial charge in [-0.1, -0.05) is 6.07 Å². The van der Waals surface area contributed by atoms with E-state index in [1.165, 1.54) is 6.07 Å². The van der Waals surface area contributed by atoms with E-state index >= 15 is 4.39 Å². The van der Waals surface area contributed by atoms with Crippen LogP contribution in [0.15, 0.2) is 65.7 Å². The van der Waals surface area contributed by atoms with Gasteiger partial charge in [-0.2, -0.15) is 0 Å². The van der Waals surface area contributed by atoms with Gasteiger partial charge in [-0.25, -0.2) is 22.9 Å². The summed E-state index contributed by atoms with van der Waals surface area (Å²) in [6.45, 7) is 0.757. The number of ether oxygens (including phenoxy) is 1. The lowest BCUT2D eigenvalue weighted by molar-refractivity contribution is 0.0695. The number of hydrogen-bond donors (Lipinski definition) is 1. The standard InChI is InChI=1S/C26H20F3N3O4/c27-15-6-7-21(19(28)10-15)32-13-18(26(34)35)25(33)17-11-20(29)23(12-22(17)32)31-9-3-4-16(31)14-36-24-5-1-2-8-30-24/h1-2,5-8,10-13,16H,3-4,9,14H2,(H,34,35)/t16-/m1/s1. The van der Waals surface area contributed by atoms with Gasteiger partial charge in [0.25, 0.3) is 0 Å². The number of aromatic carboxylic acids is 1. The van der Waals surface area contributed by atoms with E-state index < -0.39 is 34.4 Å². The molecule has 2 aromatic heterocycles. The van der Waals surface area contributed by atoms with Crippen LogP contribution in [-0.4, -0.2) is 39.8 Å². The smallest absolute Gasteiger partial charge is 0.341 e. The first-order chi connectivity index (χ1) is 17.3. The molecule has 10 heteroatoms. The third-order valence-corrected chi connectivity index (χ3v) is 6.22. The minimum atomic E-state index is -1.55. The van der Waals surface area contributed by atoms with Gasteiger partial charge in [0.2, 0.25) is 11.3 Å². The normalized spacial score (nSPS) is 15.4. The second kappa shape index (κ2) is 9.37. The molecule has 0 amide bonds. The van der Waals surface area contributed by atoms with Crippen LogP contribution in [-0.2, 0) is 0 Å². The lowest BCUT2D eigenvalue weighted by Gasteiger charge is -2.27. The first-order valence-corrected chi connectivity index (χ1v) is 11.2. The number of carboxylic acids is 1. The maximum Gasteiger partial charge on any atom is 0.341 e. The van der Waals surface area contributed by atoms with Crippen molar-refractivity contribution in [3.63, 3.8) is 0 Å². The van der Waals surface area contributed by atoms with Crippen molar-refractivity contribution in [3.05, 3.63) is 94.2 Å². The molecule has 0 radical (unpaired) electrons. The van der Waals surface area contributed by atoms with E-state index in [2.05, 4.69) is 4.98 Å². The number of fused-ring (bicyclic) bond motifs is 1. The number of aromatic nitrogens is 2. The number of benzene rings is 2. The van der Waals surface area contributed by atoms with Crippen LogP contribution >= 0.6 is 0 Å². The quantitative estimate of drug-likeness (QED) is 0.423. The van der Waals surface area contributed by atoms with Crippen LogP contribution in [0.1, 0.15) is 23.2 Å². The maximum atomic E-state index is 15.4. The van der Waals surface area contributed by atoms with Crippen molar-refractivity contribution in [2.24, 2.45) is 0 Å². The number of halogens is 3. The molecule has 1 atom stereocenters. The molecule has 184 valence electrons. The van der Waals surface area contributed by atoms with Crippen LogP contribution in [0.25, 0.3) is 16.6 Å². The predicted octanol–water partition coefficient (Wildman–Crippen LogP) is 4.55. The topological polar surface area (TPSA) is 84.7 Å². The minimum absolute atomic E-state index is 0.0863. The highest BCUT2D eigenvalue weighted by Crippen LogP contribution is 2.32. The summed E-state index contributed by atoms with van der Waals surface area (Å²) in [5, 5.41) is 9.27. The van der Waals surface area contributed by atoms with Crippen LogP contribution in [0, 0.1) is 17.5 Å². The number of pyridine rings is 2. The zero-order valence-electron chi connectivity index (χ0n) is 18.8. The fraction of sp³-hybridized carbons (Fsp3) is 0.192. The van der Waals surface area contributed by atoms with Crippen molar-refractivity contribution in [1.29, 1.82) is 0 Å². The first kappa shape index (κ1) is 23.4. The van der Waals surface area contributed by atoms with Crippen LogP contribution < -0.4 is 15.1 Å². The summed E-state index contributed by atoms with van der Waals surface area (Å²) in [7, 11) is 0. The van der Waals surface area contributed by atoms with Crippen LogP contribution in [0.4, 0.5) is 18.9 Å². The summed E-state index contributed by atoms with van der Waals surface area (Å²) in [5.74, 6) is -3.62. The van der Waals surface area contributed by atoms with Gasteiger partial charge in [-0.15, -0.1) is 0 Å². The Balaban J connectivity index is 1.63. The van der Waals surface area contributed by atoms with Gasteiger partial charge >= 0.3 is 5.97 Å². The lowest BCUT2D eigenvalue weighted by Crippen LogP contribution is -2.35. The van der Waals surface area contributed by atoms with E-state index in [1.807, 2.05) is 0 Å². The Kier molecular flexibility index (Phi) is 6.09. The Morgan fingerprint density at radius 2 is 1.89 bits per heavy atom. The van der Waals surface area contributed by atoms with Crippen molar-refractivity contribution in [2.45, 2.75) is 18.9 Å². The Labute approximate surface area is 203 Å². The van der Waals surface area contributed by atoms with Gasteiger partial charge < -0.3 is 19.3 Å². The molecule has 0 spiro atoms. The Morgan fingerprint density at radius 1 is 1.08 bits per heavy atom. The molecule has 3 heterocycles. The SMILES string of the molecule is O=C(O)c1cn(-c2ccc(F)cc2F)c2cc(N3CCC[C@@H]3COc3ccccn3)c(F)cc2c1=O. The highest BCUT2D eigenvalue weighted by molar-refractivity contribution is 5.94. The Bertz CT molecular complexity index is 1520. The summed E-state index contributed by atoms with van der Waals surface area (Å²) in [6, 6.07) is 10.2. The van der Waals surface area contributed by atoms with E-state index in [-0.39, 0.29) is 34.9 Å². The molecule has 0 unspecified atom stereocenters. The predicted molar refractivity (Wildman–Crippen MR) is 126 cm³/mol. The van der Waals surface area contributed by atoms with Gasteiger partial charge in [0.1, 0.15) is 29.6 Å². The Morgan fingerprint density at radius 3 is 2.61 bits per heavy atom. The molecule has 7 nitrogen and oxygen atoms in total. The van der Waals surface area contributed by atoms with E-state index in [1.54, 1.807) is 29.3 Å². The van der Waals surface area contributed by atoms with Crippen LogP contribution in [0.3, 0.4) is 0 Å². The van der Waals surface area contributed by atoms with Crippen molar-refractivity contribution >= 4 is 22.6 Å². The van der Waals surface area contributed by atoms with Crippen molar-refractivity contribution < 1.29 is 27.8 Å². The summed E-state index contributed by atoms with van der Waals surface area (Å²) in [5.41, 5.74) is -1.51. The molecule has 1 aliphatic rings. The third kappa shape index (κ3) is 4.26. The molecule has 4 aromatic rings. The fourth-order valence-corrected chi connectivity index (χ4v) is 4.52. The average molecular weight is 495 g/mol. The highest BCUT2D eigenvalue weighted by atomic mass is 19.1. The van der Waals surface area contributed by atoms with Gasteiger partial charge in [0, 0.05) is 36.5 Å². The Hall–Kier alpha value is -4.34. The highest BCUT2D eigenvalue weighted by Gasteiger charge is 2.29. The molecule has 1 aliphatic heterocycles. The number of rotatable bonds is 6. The largest absolute Gasteiger partial charge is 0.477 e. The van der Waals surface area contributed by atoms with E-state index in [9.17, 15) is 23.5 Å². The number of nitrogens with zero attached hydrogens (tertiary/aromatic N) is 3. The average Bonchev–Trinajstić information content (AvgIpc) is 3.32. The van der Waals surface area contributed by atoms with E-state index in [4.69, 9.17) is 4.74 Å². The second-order valence-electron chi connectivity index (χ2n) is 8.43. The van der Waals surface area contributed by atoms with Gasteiger partial charge in [0.05, 0.1) is 22.9 Å². The summed E-state index contributed by atoms with van der Waals surface area (Å²) < 4.78 is 50.5. The monoisotopic (exact) mass is 495 g/mol. The van der Waals surface area contributed by atoms with Gasteiger partial charge in [-0.05, 0) is 43.2 Å². The summed E-state index contributed by atoms with van der Waals surface area (Å²) in [4.78, 5) is 30.5. The van der Waals surface area contributed by atoms with Gasteiger partial charge in [0.15, 0.2) is 0 Å². The molecular weight excluding hydrogens is 475 g/mol. The number of carboxylic acid groups (broad SMARTS) is 1. The van der Waals surface area contributed by atoms with Gasteiger partial charge in [-0.3, -0.25) is 4.79 Å². The minimum Gasteiger partial charge on any atom is -0.477 e. The summed E-state index contributed by atoms with van der Waals surface area (Å²) >= 11 is 0.